The maximum atomic E-state index is 14.9. The fourth-order valence-electron chi connectivity index (χ4n) is 16.6. The van der Waals surface area contributed by atoms with Gasteiger partial charge in [0.2, 0.25) is 12.5 Å². The number of benzene rings is 12. The summed E-state index contributed by atoms with van der Waals surface area (Å²) in [5.41, 5.74) is 25.0. The highest BCUT2D eigenvalue weighted by atomic mass is 35.5. The first-order valence-electron chi connectivity index (χ1n) is 44.6. The number of hydrogen-bond donors (Lipinski definition) is 4. The second-order valence-electron chi connectivity index (χ2n) is 37.8. The van der Waals surface area contributed by atoms with E-state index in [0.717, 1.165) is 121 Å². The fourth-order valence-corrected chi connectivity index (χ4v) is 17.2. The molecule has 17 rings (SSSR count). The van der Waals surface area contributed by atoms with Crippen LogP contribution < -0.4 is 15.0 Å². The fraction of sp³-hybridized carbons (Fsp3) is 0.286. The predicted octanol–water partition coefficient (Wildman–Crippen LogP) is 29.8. The monoisotopic (exact) mass is 1780 g/mol. The number of aliphatic imine (C=N–C) groups is 1. The normalized spacial score (nSPS) is 14.7. The van der Waals surface area contributed by atoms with Crippen LogP contribution in [0.3, 0.4) is 0 Å². The molecular weight excluding hydrogens is 1660 g/mol. The number of nitrogens with zero attached hydrogens (tertiary/aromatic N) is 5. The van der Waals surface area contributed by atoms with Crippen LogP contribution in [0.4, 0.5) is 4.39 Å². The summed E-state index contributed by atoms with van der Waals surface area (Å²) in [5, 5.41) is 48.3. The summed E-state index contributed by atoms with van der Waals surface area (Å²) in [4.78, 5) is 18.6. The number of rotatable bonds is 17. The Labute approximate surface area is 774 Å². The van der Waals surface area contributed by atoms with E-state index in [0.29, 0.717) is 84.1 Å². The zero-order valence-corrected chi connectivity index (χ0v) is 79.1. The number of amidine groups is 2. The number of aromatic nitrogens is 2. The van der Waals surface area contributed by atoms with Crippen molar-refractivity contribution < 1.29 is 47.9 Å². The number of nitrogens with one attached hydrogen (secondary N) is 1. The lowest BCUT2D eigenvalue weighted by atomic mass is 9.82. The van der Waals surface area contributed by atoms with E-state index in [2.05, 4.69) is 222 Å². The Morgan fingerprint density at radius 2 is 0.938 bits per heavy atom. The molecule has 12 aromatic carbocycles. The molecule has 2 aliphatic heterocycles. The molecule has 0 radical (unpaired) electrons. The molecule has 0 spiro atoms. The van der Waals surface area contributed by atoms with Gasteiger partial charge in [0.25, 0.3) is 0 Å². The van der Waals surface area contributed by atoms with E-state index in [1.165, 1.54) is 29.2 Å². The van der Waals surface area contributed by atoms with Gasteiger partial charge in [-0.25, -0.2) is 19.7 Å². The first-order valence-corrected chi connectivity index (χ1v) is 45.4. The number of phenols is 3. The zero-order valence-electron chi connectivity index (χ0n) is 77.5. The van der Waals surface area contributed by atoms with Gasteiger partial charge in [-0.3, -0.25) is 0 Å². The van der Waals surface area contributed by atoms with Crippen LogP contribution in [0.2, 0.25) is 10.0 Å². The third-order valence-corrected chi connectivity index (χ3v) is 24.9. The molecule has 1 saturated carbocycles. The highest BCUT2D eigenvalue weighted by Gasteiger charge is 2.42. The van der Waals surface area contributed by atoms with Crippen molar-refractivity contribution in [3.8, 4) is 118 Å². The van der Waals surface area contributed by atoms with Crippen molar-refractivity contribution >= 4 is 34.9 Å². The van der Waals surface area contributed by atoms with Gasteiger partial charge in [-0.1, -0.05) is 332 Å². The van der Waals surface area contributed by atoms with Gasteiger partial charge in [0.05, 0.1) is 36.5 Å². The molecule has 18 heteroatoms. The summed E-state index contributed by atoms with van der Waals surface area (Å²) in [7, 11) is 3.30. The molecular formula is C112H117Cl2FN6O9. The van der Waals surface area contributed by atoms with Crippen molar-refractivity contribution in [1.82, 2.24) is 20.7 Å². The Morgan fingerprint density at radius 1 is 0.469 bits per heavy atom. The molecule has 15 nitrogen and oxygen atoms in total. The topological polar surface area (TPSA) is 190 Å². The van der Waals surface area contributed by atoms with Gasteiger partial charge >= 0.3 is 0 Å². The van der Waals surface area contributed by atoms with Crippen LogP contribution in [-0.4, -0.2) is 62.5 Å². The molecule has 3 aliphatic rings. The van der Waals surface area contributed by atoms with Crippen molar-refractivity contribution in [1.29, 1.82) is 0 Å². The van der Waals surface area contributed by atoms with E-state index in [1.54, 1.807) is 44.6 Å². The molecule has 130 heavy (non-hydrogen) atoms. The third-order valence-electron chi connectivity index (χ3n) is 24.3. The molecule has 4 heterocycles. The average molecular weight is 1780 g/mol. The number of para-hydroxylation sites is 1. The summed E-state index contributed by atoms with van der Waals surface area (Å²) in [6, 6.07) is 84.9. The number of halogens is 3. The number of hydrogen-bond acceptors (Lipinski definition) is 15. The van der Waals surface area contributed by atoms with Crippen LogP contribution in [0.5, 0.6) is 28.7 Å². The second kappa shape index (κ2) is 39.7. The van der Waals surface area contributed by atoms with E-state index in [4.69, 9.17) is 56.4 Å². The number of methoxy groups -OCH3 is 2. The van der Waals surface area contributed by atoms with Crippen molar-refractivity contribution in [2.24, 2.45) is 10.1 Å². The smallest absolute Gasteiger partial charge is 0.230 e. The second-order valence-corrected chi connectivity index (χ2v) is 38.7. The van der Waals surface area contributed by atoms with Crippen molar-refractivity contribution in [3.05, 3.63) is 338 Å². The van der Waals surface area contributed by atoms with Crippen molar-refractivity contribution in [2.45, 2.75) is 195 Å². The predicted molar refractivity (Wildman–Crippen MR) is 526 cm³/mol. The minimum absolute atomic E-state index is 0.0794. The summed E-state index contributed by atoms with van der Waals surface area (Å²) in [6.07, 6.45) is 5.07. The molecule has 2 aromatic heterocycles. The largest absolute Gasteiger partial charge is 0.507 e. The molecule has 4 N–H and O–H groups in total. The van der Waals surface area contributed by atoms with Gasteiger partial charge in [-0.15, -0.1) is 0 Å². The summed E-state index contributed by atoms with van der Waals surface area (Å²) in [6.45, 7) is 34.7. The molecule has 0 bridgehead atoms. The van der Waals surface area contributed by atoms with E-state index in [1.807, 2.05) is 140 Å². The lowest BCUT2D eigenvalue weighted by Crippen LogP contribution is -2.41. The SMILES string of the molecule is CC(C)(C)c1cc(C2=NOC(c3ccccc3F)N2C2CCCCC2)c(O)c(-c2ccccc2)c1.CCc1ccc(-c2cc(-c3cc(C(C)(C)C)cc(-c4ccccc4C(C)C)c3O)no2)cc1.COc1c(C2=NC(c3c(Cl)cccc3Cl)ON2)cc(C(C)(C)C)cc1-c1ccccc1C.COc1ccccc1-c1cc(-c2cc(C(C)(C)C)cc(-c3ccccc3)c2O)no1. The average Bonchev–Trinajstić information content (AvgIpc) is 1.60. The maximum Gasteiger partial charge on any atom is 0.230 e. The minimum Gasteiger partial charge on any atom is -0.507 e. The first kappa shape index (κ1) is 93.4. The number of hydroxylamine groups is 1. The van der Waals surface area contributed by atoms with Crippen LogP contribution in [-0.2, 0) is 37.8 Å². The third kappa shape index (κ3) is 20.8. The number of oxime groups is 1. The summed E-state index contributed by atoms with van der Waals surface area (Å²) in [5.74, 6) is 4.48. The molecule has 2 unspecified atom stereocenters. The van der Waals surface area contributed by atoms with Gasteiger partial charge in [-0.2, -0.15) is 0 Å². The number of phenolic OH excluding ortho intramolecular Hbond substituents is 3. The number of aryl methyl sites for hydroxylation is 2. The van der Waals surface area contributed by atoms with Gasteiger partial charge in [0.1, 0.15) is 46.0 Å². The Hall–Kier alpha value is -12.7. The Bertz CT molecular complexity index is 6390. The molecule has 0 saturated heterocycles. The zero-order chi connectivity index (χ0) is 92.7. The van der Waals surface area contributed by atoms with Crippen LogP contribution in [0.25, 0.3) is 89.7 Å². The standard InChI is InChI=1S/C30H33FN2O2.C30H33NO2.C26H26Cl2N2O2.C26H25NO3/c1-30(2,3)21-18-24(20-12-6-4-7-13-20)27(34)25(19-21)28-32-35-29(23-16-10-11-17-26(23)31)33(28)22-14-8-5-9-15-22;1-7-20-12-14-21(15-13-20)28-18-27(31-33-28)26-17-22(30(4,5)6)16-25(29(26)32)24-11-9-8-10-23(24)19(2)3;1-15-9-6-7-10-17(15)18-13-16(26(2,3)4)14-19(23(18)31-5)24-29-25(32-30-24)22-20(27)11-8-12-21(22)28;1-26(2,3)18-14-20(17-10-6-5-7-11-17)25(28)21(15-18)22-16-24(30-27-22)19-12-8-9-13-23(19)29-4/h4,6-7,10-13,16-19,22,29,34H,5,8-9,14-15H2,1-3H3;8-19,32H,7H2,1-6H3;6-14,25H,1-5H3,(H,29,30);5-16,28H,1-4H3. The van der Waals surface area contributed by atoms with Crippen LogP contribution in [0, 0.1) is 12.7 Å². The summed E-state index contributed by atoms with van der Waals surface area (Å²) < 4.78 is 37.6. The minimum atomic E-state index is -0.660. The van der Waals surface area contributed by atoms with Crippen LogP contribution in [0.15, 0.2) is 280 Å². The highest BCUT2D eigenvalue weighted by Crippen LogP contribution is 2.50. The molecule has 1 aliphatic carbocycles. The van der Waals surface area contributed by atoms with Crippen LogP contribution in [0.1, 0.15) is 216 Å². The van der Waals surface area contributed by atoms with Gasteiger partial charge in [0.15, 0.2) is 23.2 Å². The molecule has 1 fully saturated rings. The number of aromatic hydroxyl groups is 3. The van der Waals surface area contributed by atoms with E-state index in [9.17, 15) is 19.7 Å². The molecule has 14 aromatic rings. The van der Waals surface area contributed by atoms with E-state index in [-0.39, 0.29) is 50.8 Å². The van der Waals surface area contributed by atoms with Gasteiger partial charge < -0.3 is 43.6 Å². The van der Waals surface area contributed by atoms with Crippen molar-refractivity contribution in [3.63, 3.8) is 0 Å². The quantitative estimate of drug-likeness (QED) is 0.0674. The van der Waals surface area contributed by atoms with Gasteiger partial charge in [-0.05, 0) is 194 Å². The lowest BCUT2D eigenvalue weighted by molar-refractivity contribution is -0.0159. The van der Waals surface area contributed by atoms with E-state index < -0.39 is 12.5 Å². The van der Waals surface area contributed by atoms with Crippen LogP contribution >= 0.6 is 23.2 Å². The lowest BCUT2D eigenvalue weighted by Gasteiger charge is -2.36. The Morgan fingerprint density at radius 3 is 1.48 bits per heavy atom. The van der Waals surface area contributed by atoms with E-state index >= 15 is 0 Å². The maximum absolute atomic E-state index is 14.9. The molecule has 670 valence electrons. The Kier molecular flexibility index (Phi) is 28.5. The highest BCUT2D eigenvalue weighted by molar-refractivity contribution is 6.36. The van der Waals surface area contributed by atoms with Gasteiger partial charge in [0, 0.05) is 72.7 Å². The molecule has 2 atom stereocenters. The first-order chi connectivity index (χ1) is 62.1. The van der Waals surface area contributed by atoms with Crippen molar-refractivity contribution in [2.75, 3.05) is 14.2 Å². The Balaban J connectivity index is 0.000000140. The molecule has 0 amide bonds. The number of ether oxygens (including phenoxy) is 2. The summed E-state index contributed by atoms with van der Waals surface area (Å²) >= 11 is 12.8.